The average molecular weight is 296 g/mol. The number of hydrogen-bond donors (Lipinski definition) is 1. The van der Waals surface area contributed by atoms with Crippen molar-refractivity contribution < 1.29 is 13.6 Å². The summed E-state index contributed by atoms with van der Waals surface area (Å²) in [5.41, 5.74) is 0.896. The van der Waals surface area contributed by atoms with Crippen LogP contribution in [0.1, 0.15) is 31.2 Å². The van der Waals surface area contributed by atoms with Gasteiger partial charge in [-0.05, 0) is 19.3 Å². The van der Waals surface area contributed by atoms with Crippen LogP contribution in [-0.2, 0) is 17.6 Å². The molecule has 1 aromatic heterocycles. The average Bonchev–Trinajstić information content (AvgIpc) is 2.83. The van der Waals surface area contributed by atoms with E-state index in [0.29, 0.717) is 19.4 Å². The van der Waals surface area contributed by atoms with E-state index in [1.54, 1.807) is 11.8 Å². The maximum atomic E-state index is 13.8. The second kappa shape index (κ2) is 4.01. The molecule has 1 N–H and O–H groups in total. The zero-order valence-electron chi connectivity index (χ0n) is 11.9. The number of alkyl halides is 2. The van der Waals surface area contributed by atoms with Crippen molar-refractivity contribution in [2.24, 2.45) is 17.3 Å². The van der Waals surface area contributed by atoms with Crippen molar-refractivity contribution in [3.05, 3.63) is 11.4 Å². The first-order chi connectivity index (χ1) is 9.93. The van der Waals surface area contributed by atoms with Crippen LogP contribution in [-0.4, -0.2) is 45.2 Å². The predicted molar refractivity (Wildman–Crippen MR) is 69.6 cm³/mol. The Balaban J connectivity index is 1.45. The highest BCUT2D eigenvalue weighted by Crippen LogP contribution is 2.69. The maximum absolute atomic E-state index is 13.8. The van der Waals surface area contributed by atoms with Crippen LogP contribution in [0.25, 0.3) is 0 Å². The van der Waals surface area contributed by atoms with Gasteiger partial charge in [-0.3, -0.25) is 4.79 Å². The molecule has 7 heteroatoms. The molecule has 1 amide bonds. The van der Waals surface area contributed by atoms with Gasteiger partial charge in [0.25, 0.3) is 5.92 Å². The van der Waals surface area contributed by atoms with Crippen LogP contribution in [0.2, 0.25) is 0 Å². The number of carbonyl (C=O) groups is 1. The van der Waals surface area contributed by atoms with Gasteiger partial charge in [-0.25, -0.2) is 8.78 Å². The van der Waals surface area contributed by atoms with Crippen LogP contribution < -0.4 is 0 Å². The lowest BCUT2D eigenvalue weighted by Crippen LogP contribution is -2.43. The third-order valence-electron chi connectivity index (χ3n) is 5.72. The van der Waals surface area contributed by atoms with Crippen LogP contribution in [0.15, 0.2) is 0 Å². The van der Waals surface area contributed by atoms with E-state index < -0.39 is 17.3 Å². The molecule has 0 bridgehead atoms. The fourth-order valence-electron chi connectivity index (χ4n) is 3.96. The summed E-state index contributed by atoms with van der Waals surface area (Å²) in [6.07, 6.45) is 2.43. The first-order valence-electron chi connectivity index (χ1n) is 7.48. The van der Waals surface area contributed by atoms with E-state index in [4.69, 9.17) is 0 Å². The number of aryl methyl sites for hydroxylation is 1. The number of nitrogens with one attached hydrogen (secondary N) is 1. The van der Waals surface area contributed by atoms with Gasteiger partial charge in [0.2, 0.25) is 5.91 Å². The Morgan fingerprint density at radius 3 is 2.90 bits per heavy atom. The van der Waals surface area contributed by atoms with E-state index in [-0.39, 0.29) is 18.4 Å². The fourth-order valence-corrected chi connectivity index (χ4v) is 3.96. The van der Waals surface area contributed by atoms with Gasteiger partial charge in [0.15, 0.2) is 0 Å². The molecule has 2 fully saturated rings. The van der Waals surface area contributed by atoms with Gasteiger partial charge in [-0.1, -0.05) is 6.92 Å². The maximum Gasteiger partial charge on any atom is 0.259 e. The molecule has 114 valence electrons. The van der Waals surface area contributed by atoms with Gasteiger partial charge < -0.3 is 4.90 Å². The monoisotopic (exact) mass is 296 g/mol. The van der Waals surface area contributed by atoms with Crippen LogP contribution in [0.5, 0.6) is 0 Å². The number of halogens is 2. The second-order valence-electron chi connectivity index (χ2n) is 6.78. The molecule has 0 radical (unpaired) electrons. The smallest absolute Gasteiger partial charge is 0.259 e. The molecule has 2 heterocycles. The van der Waals surface area contributed by atoms with Gasteiger partial charge in [-0.15, -0.1) is 0 Å². The molecule has 1 aromatic rings. The summed E-state index contributed by atoms with van der Waals surface area (Å²) in [5, 5.41) is 10.7. The largest absolute Gasteiger partial charge is 0.342 e. The number of rotatable bonds is 1. The molecule has 0 aromatic carbocycles. The Bertz CT molecular complexity index is 602. The lowest BCUT2D eigenvalue weighted by atomic mass is 9.87. The minimum absolute atomic E-state index is 0.00778. The first kappa shape index (κ1) is 13.2. The Morgan fingerprint density at radius 1 is 1.38 bits per heavy atom. The van der Waals surface area contributed by atoms with E-state index in [9.17, 15) is 13.6 Å². The molecule has 3 atom stereocenters. The van der Waals surface area contributed by atoms with E-state index >= 15 is 0 Å². The van der Waals surface area contributed by atoms with Crippen molar-refractivity contribution in [3.8, 4) is 0 Å². The van der Waals surface area contributed by atoms with Crippen molar-refractivity contribution in [1.29, 1.82) is 0 Å². The summed E-state index contributed by atoms with van der Waals surface area (Å²) in [5.74, 6) is -3.39. The van der Waals surface area contributed by atoms with Crippen molar-refractivity contribution in [2.45, 2.75) is 38.5 Å². The molecule has 1 saturated carbocycles. The molecule has 0 spiro atoms. The minimum atomic E-state index is -2.60. The summed E-state index contributed by atoms with van der Waals surface area (Å²) in [6.45, 7) is 2.29. The summed E-state index contributed by atoms with van der Waals surface area (Å²) < 4.78 is 27.5. The SMILES string of the molecule is CC12CCN(C(=O)C3CCc4n[nH]nc4C3)CC1C2(F)F. The highest BCUT2D eigenvalue weighted by atomic mass is 19.3. The van der Waals surface area contributed by atoms with Gasteiger partial charge in [-0.2, -0.15) is 15.4 Å². The highest BCUT2D eigenvalue weighted by Gasteiger charge is 2.78. The number of amides is 1. The van der Waals surface area contributed by atoms with Gasteiger partial charge in [0, 0.05) is 30.8 Å². The first-order valence-corrected chi connectivity index (χ1v) is 7.48. The van der Waals surface area contributed by atoms with Crippen LogP contribution in [0.3, 0.4) is 0 Å². The molecule has 3 unspecified atom stereocenters. The number of fused-ring (bicyclic) bond motifs is 2. The molecule has 3 aliphatic rings. The Labute approximate surface area is 121 Å². The summed E-state index contributed by atoms with van der Waals surface area (Å²) in [6, 6.07) is 0. The molecule has 1 aliphatic heterocycles. The number of aromatic nitrogens is 3. The number of carbonyl (C=O) groups excluding carboxylic acids is 1. The van der Waals surface area contributed by atoms with E-state index in [2.05, 4.69) is 15.4 Å². The normalized spacial score (nSPS) is 36.8. The summed E-state index contributed by atoms with van der Waals surface area (Å²) in [7, 11) is 0. The minimum Gasteiger partial charge on any atom is -0.342 e. The van der Waals surface area contributed by atoms with Gasteiger partial charge >= 0.3 is 0 Å². The summed E-state index contributed by atoms with van der Waals surface area (Å²) in [4.78, 5) is 14.2. The second-order valence-corrected chi connectivity index (χ2v) is 6.78. The summed E-state index contributed by atoms with van der Waals surface area (Å²) >= 11 is 0. The molecule has 2 aliphatic carbocycles. The van der Waals surface area contributed by atoms with Crippen LogP contribution in [0, 0.1) is 17.3 Å². The third kappa shape index (κ3) is 1.69. The van der Waals surface area contributed by atoms with Crippen molar-refractivity contribution >= 4 is 5.91 Å². The van der Waals surface area contributed by atoms with Crippen LogP contribution in [0.4, 0.5) is 8.78 Å². The van der Waals surface area contributed by atoms with E-state index in [0.717, 1.165) is 24.2 Å². The number of aromatic amines is 1. The molecule has 21 heavy (non-hydrogen) atoms. The Kier molecular flexibility index (Phi) is 2.52. The number of likely N-dealkylation sites (tertiary alicyclic amines) is 1. The lowest BCUT2D eigenvalue weighted by Gasteiger charge is -2.32. The van der Waals surface area contributed by atoms with Gasteiger partial charge in [0.05, 0.1) is 17.3 Å². The molecule has 1 saturated heterocycles. The van der Waals surface area contributed by atoms with Gasteiger partial charge in [0.1, 0.15) is 0 Å². The zero-order valence-corrected chi connectivity index (χ0v) is 11.9. The lowest BCUT2D eigenvalue weighted by molar-refractivity contribution is -0.137. The third-order valence-corrected chi connectivity index (χ3v) is 5.72. The Morgan fingerprint density at radius 2 is 2.14 bits per heavy atom. The predicted octanol–water partition coefficient (Wildman–Crippen LogP) is 1.41. The molecule has 4 rings (SSSR count). The fraction of sp³-hybridized carbons (Fsp3) is 0.786. The quantitative estimate of drug-likeness (QED) is 0.852. The molecular weight excluding hydrogens is 278 g/mol. The molecular formula is C14H18F2N4O. The topological polar surface area (TPSA) is 61.9 Å². The van der Waals surface area contributed by atoms with Crippen molar-refractivity contribution in [2.75, 3.05) is 13.1 Å². The number of piperidine rings is 1. The number of hydrogen-bond acceptors (Lipinski definition) is 3. The Hall–Kier alpha value is -1.53. The van der Waals surface area contributed by atoms with E-state index in [1.165, 1.54) is 0 Å². The van der Waals surface area contributed by atoms with Crippen molar-refractivity contribution in [1.82, 2.24) is 20.3 Å². The zero-order chi connectivity index (χ0) is 14.8. The standard InChI is InChI=1S/C14H18F2N4O/c1-13-4-5-20(7-11(13)14(13,15)16)12(21)8-2-3-9-10(6-8)18-19-17-9/h8,11H,2-7H2,1H3,(H,17,18,19). The highest BCUT2D eigenvalue weighted by molar-refractivity contribution is 5.79. The number of nitrogens with zero attached hydrogens (tertiary/aromatic N) is 3. The van der Waals surface area contributed by atoms with Crippen molar-refractivity contribution in [3.63, 3.8) is 0 Å². The number of H-pyrrole nitrogens is 1. The van der Waals surface area contributed by atoms with E-state index in [1.807, 2.05) is 0 Å². The molecule has 5 nitrogen and oxygen atoms in total. The van der Waals surface area contributed by atoms with Crippen LogP contribution >= 0.6 is 0 Å².